The number of hydrogen-bond donors (Lipinski definition) is 1. The van der Waals surface area contributed by atoms with Crippen LogP contribution in [0, 0.1) is 6.92 Å². The lowest BCUT2D eigenvalue weighted by atomic mass is 10.1. The van der Waals surface area contributed by atoms with Crippen LogP contribution in [0.25, 0.3) is 0 Å². The quantitative estimate of drug-likeness (QED) is 0.888. The van der Waals surface area contributed by atoms with Crippen LogP contribution in [0.1, 0.15) is 30.5 Å². The Balaban J connectivity index is 1.97. The van der Waals surface area contributed by atoms with Gasteiger partial charge in [-0.25, -0.2) is 0 Å². The molecule has 0 aliphatic carbocycles. The molecule has 2 amide bonds. The highest BCUT2D eigenvalue weighted by molar-refractivity contribution is 5.86. The fourth-order valence-corrected chi connectivity index (χ4v) is 2.49. The summed E-state index contributed by atoms with van der Waals surface area (Å²) in [5, 5.41) is 2.91. The highest BCUT2D eigenvalue weighted by atomic mass is 16.2. The SMILES string of the molecule is CC(=O)N(Cc1ccccc1)[C@@H](C)C(=O)NCc1ccc(C)cc1. The molecule has 0 bridgehead atoms. The second-order valence-corrected chi connectivity index (χ2v) is 6.01. The van der Waals surface area contributed by atoms with E-state index in [2.05, 4.69) is 5.32 Å². The minimum atomic E-state index is -0.520. The van der Waals surface area contributed by atoms with Crippen molar-refractivity contribution >= 4 is 11.8 Å². The monoisotopic (exact) mass is 324 g/mol. The van der Waals surface area contributed by atoms with Crippen molar-refractivity contribution in [3.05, 3.63) is 71.3 Å². The van der Waals surface area contributed by atoms with E-state index in [9.17, 15) is 9.59 Å². The third kappa shape index (κ3) is 4.95. The number of benzene rings is 2. The molecule has 0 spiro atoms. The van der Waals surface area contributed by atoms with Crippen molar-refractivity contribution in [2.24, 2.45) is 0 Å². The van der Waals surface area contributed by atoms with Crippen molar-refractivity contribution in [3.63, 3.8) is 0 Å². The Morgan fingerprint density at radius 1 is 1.00 bits per heavy atom. The first-order valence-electron chi connectivity index (χ1n) is 8.12. The second-order valence-electron chi connectivity index (χ2n) is 6.01. The van der Waals surface area contributed by atoms with Crippen LogP contribution in [0.5, 0.6) is 0 Å². The molecular formula is C20H24N2O2. The molecular weight excluding hydrogens is 300 g/mol. The van der Waals surface area contributed by atoms with Crippen LogP contribution in [0.2, 0.25) is 0 Å². The Hall–Kier alpha value is -2.62. The van der Waals surface area contributed by atoms with E-state index in [1.165, 1.54) is 12.5 Å². The van der Waals surface area contributed by atoms with E-state index < -0.39 is 6.04 Å². The predicted molar refractivity (Wildman–Crippen MR) is 95.2 cm³/mol. The molecule has 24 heavy (non-hydrogen) atoms. The normalized spacial score (nSPS) is 11.6. The van der Waals surface area contributed by atoms with Crippen LogP contribution in [0.4, 0.5) is 0 Å². The smallest absolute Gasteiger partial charge is 0.242 e. The van der Waals surface area contributed by atoms with Gasteiger partial charge in [-0.2, -0.15) is 0 Å². The molecule has 0 heterocycles. The van der Waals surface area contributed by atoms with Gasteiger partial charge in [0.15, 0.2) is 0 Å². The molecule has 2 rings (SSSR count). The van der Waals surface area contributed by atoms with E-state index in [0.29, 0.717) is 13.1 Å². The Labute approximate surface area is 143 Å². The fraction of sp³-hybridized carbons (Fsp3) is 0.300. The molecule has 126 valence electrons. The van der Waals surface area contributed by atoms with Crippen molar-refractivity contribution in [2.75, 3.05) is 0 Å². The molecule has 4 nitrogen and oxygen atoms in total. The van der Waals surface area contributed by atoms with Crippen LogP contribution < -0.4 is 5.32 Å². The molecule has 1 N–H and O–H groups in total. The average molecular weight is 324 g/mol. The van der Waals surface area contributed by atoms with Gasteiger partial charge in [0.05, 0.1) is 0 Å². The summed E-state index contributed by atoms with van der Waals surface area (Å²) in [7, 11) is 0. The molecule has 0 aliphatic heterocycles. The molecule has 0 aliphatic rings. The zero-order valence-corrected chi connectivity index (χ0v) is 14.5. The number of aryl methyl sites for hydroxylation is 1. The van der Waals surface area contributed by atoms with Crippen LogP contribution in [0.15, 0.2) is 54.6 Å². The number of rotatable bonds is 6. The minimum Gasteiger partial charge on any atom is -0.350 e. The summed E-state index contributed by atoms with van der Waals surface area (Å²) in [6, 6.07) is 17.2. The fourth-order valence-electron chi connectivity index (χ4n) is 2.49. The van der Waals surface area contributed by atoms with Gasteiger partial charge in [-0.1, -0.05) is 60.2 Å². The molecule has 0 radical (unpaired) electrons. The third-order valence-electron chi connectivity index (χ3n) is 4.03. The molecule has 0 saturated heterocycles. The summed E-state index contributed by atoms with van der Waals surface area (Å²) in [5.74, 6) is -0.265. The maximum Gasteiger partial charge on any atom is 0.242 e. The largest absolute Gasteiger partial charge is 0.350 e. The maximum atomic E-state index is 12.4. The van der Waals surface area contributed by atoms with Crippen LogP contribution in [0.3, 0.4) is 0 Å². The van der Waals surface area contributed by atoms with Crippen molar-refractivity contribution in [3.8, 4) is 0 Å². The average Bonchev–Trinajstić information content (AvgIpc) is 2.59. The van der Waals surface area contributed by atoms with E-state index >= 15 is 0 Å². The highest BCUT2D eigenvalue weighted by Crippen LogP contribution is 2.10. The first-order chi connectivity index (χ1) is 11.5. The van der Waals surface area contributed by atoms with Crippen LogP contribution in [-0.2, 0) is 22.7 Å². The molecule has 0 aromatic heterocycles. The Kier molecular flexibility index (Phi) is 6.13. The van der Waals surface area contributed by atoms with Crippen LogP contribution in [-0.4, -0.2) is 22.8 Å². The lowest BCUT2D eigenvalue weighted by Crippen LogP contribution is -2.46. The van der Waals surface area contributed by atoms with Gasteiger partial charge >= 0.3 is 0 Å². The molecule has 0 saturated carbocycles. The number of carbonyl (C=O) groups is 2. The Morgan fingerprint density at radius 3 is 2.21 bits per heavy atom. The Morgan fingerprint density at radius 2 is 1.62 bits per heavy atom. The predicted octanol–water partition coefficient (Wildman–Crippen LogP) is 3.05. The first kappa shape index (κ1) is 17.7. The molecule has 0 unspecified atom stereocenters. The van der Waals surface area contributed by atoms with Crippen molar-refractivity contribution < 1.29 is 9.59 Å². The third-order valence-corrected chi connectivity index (χ3v) is 4.03. The van der Waals surface area contributed by atoms with E-state index in [-0.39, 0.29) is 11.8 Å². The van der Waals surface area contributed by atoms with Gasteiger partial charge in [0, 0.05) is 20.0 Å². The standard InChI is InChI=1S/C20H24N2O2/c1-15-9-11-18(12-10-15)13-21-20(24)16(2)22(17(3)23)14-19-7-5-4-6-8-19/h4-12,16H,13-14H2,1-3H3,(H,21,24)/t16-/m0/s1. The van der Waals surface area contributed by atoms with Crippen molar-refractivity contribution in [1.29, 1.82) is 0 Å². The number of hydrogen-bond acceptors (Lipinski definition) is 2. The van der Waals surface area contributed by atoms with E-state index in [1.54, 1.807) is 11.8 Å². The summed E-state index contributed by atoms with van der Waals surface area (Å²) >= 11 is 0. The summed E-state index contributed by atoms with van der Waals surface area (Å²) in [6.45, 7) is 6.16. The molecule has 2 aromatic rings. The van der Waals surface area contributed by atoms with Gasteiger partial charge < -0.3 is 10.2 Å². The molecule has 4 heteroatoms. The number of amides is 2. The highest BCUT2D eigenvalue weighted by Gasteiger charge is 2.23. The topological polar surface area (TPSA) is 49.4 Å². The van der Waals surface area contributed by atoms with Gasteiger partial charge in [0.2, 0.25) is 11.8 Å². The summed E-state index contributed by atoms with van der Waals surface area (Å²) < 4.78 is 0. The molecule has 2 aromatic carbocycles. The van der Waals surface area contributed by atoms with Gasteiger partial charge in [0.1, 0.15) is 6.04 Å². The Bertz CT molecular complexity index is 681. The van der Waals surface area contributed by atoms with E-state index in [0.717, 1.165) is 11.1 Å². The maximum absolute atomic E-state index is 12.4. The zero-order chi connectivity index (χ0) is 17.5. The minimum absolute atomic E-state index is 0.114. The van der Waals surface area contributed by atoms with Crippen molar-refractivity contribution in [2.45, 2.75) is 39.9 Å². The van der Waals surface area contributed by atoms with Gasteiger partial charge in [-0.3, -0.25) is 9.59 Å². The second kappa shape index (κ2) is 8.29. The number of carbonyl (C=O) groups excluding carboxylic acids is 2. The number of nitrogens with one attached hydrogen (secondary N) is 1. The van der Waals surface area contributed by atoms with Gasteiger partial charge in [0.25, 0.3) is 0 Å². The van der Waals surface area contributed by atoms with Gasteiger partial charge in [-0.15, -0.1) is 0 Å². The molecule has 1 atom stereocenters. The zero-order valence-electron chi connectivity index (χ0n) is 14.5. The summed E-state index contributed by atoms with van der Waals surface area (Å²) in [4.78, 5) is 25.9. The van der Waals surface area contributed by atoms with Gasteiger partial charge in [-0.05, 0) is 25.0 Å². The lowest BCUT2D eigenvalue weighted by Gasteiger charge is -2.27. The summed E-state index contributed by atoms with van der Waals surface area (Å²) in [5.41, 5.74) is 3.23. The summed E-state index contributed by atoms with van der Waals surface area (Å²) in [6.07, 6.45) is 0. The first-order valence-corrected chi connectivity index (χ1v) is 8.12. The van der Waals surface area contributed by atoms with E-state index in [4.69, 9.17) is 0 Å². The number of nitrogens with zero attached hydrogens (tertiary/aromatic N) is 1. The van der Waals surface area contributed by atoms with E-state index in [1.807, 2.05) is 61.5 Å². The van der Waals surface area contributed by atoms with Crippen LogP contribution >= 0.6 is 0 Å². The van der Waals surface area contributed by atoms with Crippen molar-refractivity contribution in [1.82, 2.24) is 10.2 Å². The lowest BCUT2D eigenvalue weighted by molar-refractivity contribution is -0.139. The molecule has 0 fully saturated rings.